The Morgan fingerprint density at radius 2 is 2.29 bits per heavy atom. The van der Waals surface area contributed by atoms with Crippen molar-refractivity contribution in [2.45, 2.75) is 24.3 Å². The van der Waals surface area contributed by atoms with Crippen LogP contribution >= 0.6 is 12.2 Å². The van der Waals surface area contributed by atoms with Crippen molar-refractivity contribution in [1.82, 2.24) is 4.31 Å². The lowest BCUT2D eigenvalue weighted by Gasteiger charge is -2.34. The second kappa shape index (κ2) is 6.35. The summed E-state index contributed by atoms with van der Waals surface area (Å²) in [5.41, 5.74) is 5.36. The van der Waals surface area contributed by atoms with Crippen LogP contribution in [-0.2, 0) is 14.8 Å². The zero-order chi connectivity index (χ0) is 15.6. The van der Waals surface area contributed by atoms with E-state index in [9.17, 15) is 12.8 Å². The summed E-state index contributed by atoms with van der Waals surface area (Å²) in [6, 6.07) is 3.27. The molecule has 0 saturated carbocycles. The fourth-order valence-corrected chi connectivity index (χ4v) is 4.12. The summed E-state index contributed by atoms with van der Waals surface area (Å²) >= 11 is 4.74. The molecular formula is C13H17FN2O3S2. The van der Waals surface area contributed by atoms with Gasteiger partial charge in [-0.3, -0.25) is 0 Å². The van der Waals surface area contributed by atoms with Crippen molar-refractivity contribution in [3.63, 3.8) is 0 Å². The van der Waals surface area contributed by atoms with Crippen molar-refractivity contribution in [2.24, 2.45) is 5.73 Å². The Kier molecular flexibility index (Phi) is 4.92. The van der Waals surface area contributed by atoms with Crippen LogP contribution in [0.15, 0.2) is 23.1 Å². The summed E-state index contributed by atoms with van der Waals surface area (Å²) in [4.78, 5) is -0.175. The first-order chi connectivity index (χ1) is 9.87. The van der Waals surface area contributed by atoms with Crippen LogP contribution < -0.4 is 5.73 Å². The molecule has 0 bridgehead atoms. The minimum atomic E-state index is -3.72. The maximum absolute atomic E-state index is 13.6. The summed E-state index contributed by atoms with van der Waals surface area (Å²) in [6.07, 6.45) is 0.641. The van der Waals surface area contributed by atoms with Crippen LogP contribution in [0.2, 0.25) is 0 Å². The summed E-state index contributed by atoms with van der Waals surface area (Å²) < 4.78 is 45.7. The Balaban J connectivity index is 2.43. The molecule has 0 aliphatic carbocycles. The molecule has 0 amide bonds. The van der Waals surface area contributed by atoms with Crippen LogP contribution in [0, 0.1) is 5.82 Å². The van der Waals surface area contributed by atoms with Gasteiger partial charge in [0.05, 0.1) is 18.1 Å². The van der Waals surface area contributed by atoms with E-state index < -0.39 is 15.8 Å². The highest BCUT2D eigenvalue weighted by molar-refractivity contribution is 7.89. The lowest BCUT2D eigenvalue weighted by molar-refractivity contribution is 0.0314. The van der Waals surface area contributed by atoms with Crippen LogP contribution in [0.5, 0.6) is 0 Å². The topological polar surface area (TPSA) is 72.6 Å². The fraction of sp³-hybridized carbons (Fsp3) is 0.462. The molecule has 1 saturated heterocycles. The SMILES string of the molecule is CCC1COCCN1S(=O)(=O)c1ccc(F)c(C(N)=S)c1. The standard InChI is InChI=1S/C13H17FN2O3S2/c1-2-9-8-19-6-5-16(9)21(17,18)10-3-4-12(14)11(7-10)13(15)20/h3-4,7,9H,2,5-6,8H2,1H3,(H2,15,20). The Bertz CT molecular complexity index is 649. The Hall–Kier alpha value is -1.09. The highest BCUT2D eigenvalue weighted by Gasteiger charge is 2.33. The van der Waals surface area contributed by atoms with Crippen LogP contribution in [0.25, 0.3) is 0 Å². The van der Waals surface area contributed by atoms with Gasteiger partial charge in [-0.25, -0.2) is 12.8 Å². The average Bonchev–Trinajstić information content (AvgIpc) is 2.47. The maximum Gasteiger partial charge on any atom is 0.243 e. The van der Waals surface area contributed by atoms with E-state index in [0.717, 1.165) is 6.07 Å². The van der Waals surface area contributed by atoms with E-state index in [2.05, 4.69) is 0 Å². The normalized spacial score (nSPS) is 20.4. The molecular weight excluding hydrogens is 315 g/mol. The molecule has 1 fully saturated rings. The molecule has 21 heavy (non-hydrogen) atoms. The van der Waals surface area contributed by atoms with Crippen molar-refractivity contribution >= 4 is 27.2 Å². The molecule has 1 unspecified atom stereocenters. The third-order valence-corrected chi connectivity index (χ3v) is 5.62. The first-order valence-corrected chi connectivity index (χ1v) is 8.41. The quantitative estimate of drug-likeness (QED) is 0.841. The number of halogens is 1. The van der Waals surface area contributed by atoms with Crippen molar-refractivity contribution in [1.29, 1.82) is 0 Å². The van der Waals surface area contributed by atoms with Gasteiger partial charge in [0.25, 0.3) is 0 Å². The number of nitrogens with two attached hydrogens (primary N) is 1. The first kappa shape index (κ1) is 16.3. The number of rotatable bonds is 4. The Labute approximate surface area is 128 Å². The minimum Gasteiger partial charge on any atom is -0.389 e. The highest BCUT2D eigenvalue weighted by Crippen LogP contribution is 2.23. The van der Waals surface area contributed by atoms with Gasteiger partial charge in [0.15, 0.2) is 0 Å². The maximum atomic E-state index is 13.6. The van der Waals surface area contributed by atoms with Gasteiger partial charge in [-0.2, -0.15) is 4.31 Å². The monoisotopic (exact) mass is 332 g/mol. The van der Waals surface area contributed by atoms with E-state index in [1.807, 2.05) is 6.92 Å². The van der Waals surface area contributed by atoms with Crippen LogP contribution in [0.4, 0.5) is 4.39 Å². The zero-order valence-corrected chi connectivity index (χ0v) is 13.2. The van der Waals surface area contributed by atoms with Crippen LogP contribution in [0.3, 0.4) is 0 Å². The second-order valence-corrected chi connectivity index (χ2v) is 7.09. The second-order valence-electron chi connectivity index (χ2n) is 4.76. The van der Waals surface area contributed by atoms with Crippen molar-refractivity contribution < 1.29 is 17.5 Å². The number of hydrogen-bond acceptors (Lipinski definition) is 4. The Morgan fingerprint density at radius 1 is 1.57 bits per heavy atom. The van der Waals surface area contributed by atoms with Crippen molar-refractivity contribution in [2.75, 3.05) is 19.8 Å². The molecule has 8 heteroatoms. The van der Waals surface area contributed by atoms with Crippen LogP contribution in [0.1, 0.15) is 18.9 Å². The number of sulfonamides is 1. The predicted molar refractivity (Wildman–Crippen MR) is 81.1 cm³/mol. The van der Waals surface area contributed by atoms with Gasteiger partial charge in [0.1, 0.15) is 10.8 Å². The third kappa shape index (κ3) is 3.23. The van der Waals surface area contributed by atoms with Gasteiger partial charge in [-0.1, -0.05) is 19.1 Å². The number of hydrogen-bond donors (Lipinski definition) is 1. The first-order valence-electron chi connectivity index (χ1n) is 6.57. The Morgan fingerprint density at radius 3 is 2.90 bits per heavy atom. The lowest BCUT2D eigenvalue weighted by Crippen LogP contribution is -2.48. The summed E-state index contributed by atoms with van der Waals surface area (Å²) in [5.74, 6) is -0.629. The summed E-state index contributed by atoms with van der Waals surface area (Å²) in [6.45, 7) is 2.88. The van der Waals surface area contributed by atoms with Gasteiger partial charge in [0.2, 0.25) is 10.0 Å². The molecule has 5 nitrogen and oxygen atoms in total. The van der Waals surface area contributed by atoms with Gasteiger partial charge in [-0.05, 0) is 24.6 Å². The largest absolute Gasteiger partial charge is 0.389 e. The van der Waals surface area contributed by atoms with E-state index in [0.29, 0.717) is 19.6 Å². The molecule has 1 atom stereocenters. The predicted octanol–water partition coefficient (Wildman–Crippen LogP) is 1.26. The molecule has 0 spiro atoms. The van der Waals surface area contributed by atoms with Gasteiger partial charge in [-0.15, -0.1) is 0 Å². The molecule has 1 aromatic carbocycles. The third-order valence-electron chi connectivity index (χ3n) is 3.45. The van der Waals surface area contributed by atoms with Gasteiger partial charge >= 0.3 is 0 Å². The smallest absolute Gasteiger partial charge is 0.243 e. The van der Waals surface area contributed by atoms with E-state index >= 15 is 0 Å². The van der Waals surface area contributed by atoms with Crippen LogP contribution in [-0.4, -0.2) is 43.5 Å². The minimum absolute atomic E-state index is 0.00736. The molecule has 1 aliphatic rings. The molecule has 1 aliphatic heterocycles. The molecule has 1 aromatic rings. The zero-order valence-electron chi connectivity index (χ0n) is 11.6. The average molecular weight is 332 g/mol. The molecule has 2 rings (SSSR count). The van der Waals surface area contributed by atoms with E-state index in [-0.39, 0.29) is 28.0 Å². The molecule has 0 aromatic heterocycles. The number of thiocarbonyl (C=S) groups is 1. The molecule has 1 heterocycles. The number of morpholine rings is 1. The molecule has 2 N–H and O–H groups in total. The number of nitrogens with zero attached hydrogens (tertiary/aromatic N) is 1. The van der Waals surface area contributed by atoms with E-state index in [1.165, 1.54) is 16.4 Å². The van der Waals surface area contributed by atoms with E-state index in [1.54, 1.807) is 0 Å². The van der Waals surface area contributed by atoms with Gasteiger partial charge < -0.3 is 10.5 Å². The molecule has 116 valence electrons. The summed E-state index contributed by atoms with van der Waals surface area (Å²) in [5, 5.41) is 0. The van der Waals surface area contributed by atoms with Gasteiger partial charge in [0, 0.05) is 18.2 Å². The number of benzene rings is 1. The fourth-order valence-electron chi connectivity index (χ4n) is 2.27. The summed E-state index contributed by atoms with van der Waals surface area (Å²) in [7, 11) is -3.72. The number of ether oxygens (including phenoxy) is 1. The van der Waals surface area contributed by atoms with Crippen molar-refractivity contribution in [3.8, 4) is 0 Å². The van der Waals surface area contributed by atoms with E-state index in [4.69, 9.17) is 22.7 Å². The lowest BCUT2D eigenvalue weighted by atomic mass is 10.2. The molecule has 0 radical (unpaired) electrons. The highest BCUT2D eigenvalue weighted by atomic mass is 32.2. The van der Waals surface area contributed by atoms with Crippen molar-refractivity contribution in [3.05, 3.63) is 29.6 Å².